The maximum atomic E-state index is 15.3. The topological polar surface area (TPSA) is 137 Å². The summed E-state index contributed by atoms with van der Waals surface area (Å²) >= 11 is 0. The number of nitriles is 4. The standard InChI is InChI=1S/C54H28N6O2/c55-29-33-20-23-40(38(26-33)31-57)42-14-7-16-44-45-17-8-15-43(41-24-21-34(30-56)27-39(41)32-58)52(45)59(51(42)44)49-19-9-18-46-50(49)54(62)60(53(46)61)48-25-22-37(35-10-3-1-4-11-35)28-47(48)36-12-5-2-6-13-36/h1-28H. The first kappa shape index (κ1) is 37.0. The number of benzene rings is 8. The van der Waals surface area contributed by atoms with Gasteiger partial charge in [0.15, 0.2) is 0 Å². The lowest BCUT2D eigenvalue weighted by Crippen LogP contribution is -2.30. The van der Waals surface area contributed by atoms with Crippen molar-refractivity contribution in [2.75, 3.05) is 4.90 Å². The number of fused-ring (bicyclic) bond motifs is 4. The van der Waals surface area contributed by atoms with Crippen molar-refractivity contribution in [1.29, 1.82) is 21.0 Å². The highest BCUT2D eigenvalue weighted by Crippen LogP contribution is 2.46. The monoisotopic (exact) mass is 792 g/mol. The molecule has 8 aromatic carbocycles. The molecule has 8 nitrogen and oxygen atoms in total. The van der Waals surface area contributed by atoms with Gasteiger partial charge in [-0.05, 0) is 65.2 Å². The van der Waals surface area contributed by atoms with Gasteiger partial charge in [0.2, 0.25) is 0 Å². The van der Waals surface area contributed by atoms with Crippen molar-refractivity contribution in [1.82, 2.24) is 4.57 Å². The van der Waals surface area contributed by atoms with Crippen LogP contribution in [0.2, 0.25) is 0 Å². The van der Waals surface area contributed by atoms with Crippen LogP contribution >= 0.6 is 0 Å². The molecule has 0 radical (unpaired) electrons. The molecule has 1 aliphatic heterocycles. The summed E-state index contributed by atoms with van der Waals surface area (Å²) in [4.78, 5) is 31.4. The van der Waals surface area contributed by atoms with Crippen molar-refractivity contribution in [3.63, 3.8) is 0 Å². The van der Waals surface area contributed by atoms with Gasteiger partial charge in [-0.15, -0.1) is 0 Å². The first-order chi connectivity index (χ1) is 30.4. The molecule has 0 saturated heterocycles. The van der Waals surface area contributed by atoms with Crippen molar-refractivity contribution in [2.24, 2.45) is 0 Å². The number of imide groups is 1. The van der Waals surface area contributed by atoms with Crippen LogP contribution < -0.4 is 4.90 Å². The van der Waals surface area contributed by atoms with E-state index in [0.717, 1.165) is 27.5 Å². The summed E-state index contributed by atoms with van der Waals surface area (Å²) in [5.74, 6) is -0.988. The Balaban J connectivity index is 1.27. The van der Waals surface area contributed by atoms with E-state index in [4.69, 9.17) is 0 Å². The number of carbonyl (C=O) groups is 2. The van der Waals surface area contributed by atoms with Crippen LogP contribution in [0.15, 0.2) is 170 Å². The lowest BCUT2D eigenvalue weighted by molar-refractivity contribution is 0.0926. The number of nitrogens with zero attached hydrogens (tertiary/aromatic N) is 6. The number of aromatic nitrogens is 1. The number of hydrogen-bond acceptors (Lipinski definition) is 6. The van der Waals surface area contributed by atoms with Crippen LogP contribution in [-0.2, 0) is 0 Å². The van der Waals surface area contributed by atoms with Crippen LogP contribution in [0.1, 0.15) is 43.0 Å². The van der Waals surface area contributed by atoms with Gasteiger partial charge in [-0.2, -0.15) is 21.0 Å². The highest BCUT2D eigenvalue weighted by molar-refractivity contribution is 6.36. The van der Waals surface area contributed by atoms with Crippen molar-refractivity contribution in [3.8, 4) is 74.5 Å². The minimum atomic E-state index is -0.512. The molecule has 8 heteroatoms. The lowest BCUT2D eigenvalue weighted by atomic mass is 9.95. The van der Waals surface area contributed by atoms with Crippen LogP contribution in [0.3, 0.4) is 0 Å². The molecule has 2 heterocycles. The normalized spacial score (nSPS) is 11.8. The summed E-state index contributed by atoms with van der Waals surface area (Å²) in [5, 5.41) is 41.8. The number of para-hydroxylation sites is 2. The fourth-order valence-electron chi connectivity index (χ4n) is 8.74. The Bertz CT molecular complexity index is 3430. The largest absolute Gasteiger partial charge is 0.307 e. The predicted molar refractivity (Wildman–Crippen MR) is 239 cm³/mol. The van der Waals surface area contributed by atoms with Crippen LogP contribution in [0.25, 0.3) is 72.0 Å². The molecule has 0 atom stereocenters. The molecule has 0 spiro atoms. The molecule has 1 aliphatic rings. The smallest absolute Gasteiger partial charge is 0.268 e. The number of amides is 2. The third kappa shape index (κ3) is 5.73. The maximum absolute atomic E-state index is 15.3. The highest BCUT2D eigenvalue weighted by Gasteiger charge is 2.41. The van der Waals surface area contributed by atoms with Crippen molar-refractivity contribution in [3.05, 3.63) is 203 Å². The van der Waals surface area contributed by atoms with E-state index in [2.05, 4.69) is 24.3 Å². The van der Waals surface area contributed by atoms with E-state index in [-0.39, 0.29) is 22.3 Å². The van der Waals surface area contributed by atoms with Gasteiger partial charge >= 0.3 is 0 Å². The van der Waals surface area contributed by atoms with Gasteiger partial charge < -0.3 is 4.57 Å². The van der Waals surface area contributed by atoms with E-state index in [1.807, 2.05) is 126 Å². The molecule has 0 fully saturated rings. The molecule has 0 bridgehead atoms. The summed E-state index contributed by atoms with van der Waals surface area (Å²) < 4.78 is 1.96. The Morgan fingerprint density at radius 3 is 1.45 bits per heavy atom. The van der Waals surface area contributed by atoms with E-state index in [0.29, 0.717) is 61.4 Å². The fraction of sp³-hybridized carbons (Fsp3) is 0. The average Bonchev–Trinajstić information content (AvgIpc) is 3.81. The number of carbonyl (C=O) groups excluding carboxylic acids is 2. The quantitative estimate of drug-likeness (QED) is 0.154. The minimum absolute atomic E-state index is 0.188. The summed E-state index contributed by atoms with van der Waals surface area (Å²) in [6.07, 6.45) is 0. The van der Waals surface area contributed by atoms with Crippen molar-refractivity contribution >= 4 is 39.3 Å². The molecule has 0 aliphatic carbocycles. The molecular weight excluding hydrogens is 765 g/mol. The van der Waals surface area contributed by atoms with E-state index >= 15 is 4.79 Å². The SMILES string of the molecule is N#Cc1ccc(-c2cccc3c4cccc(-c5ccc(C#N)cc5C#N)c4n(-c4cccc5c4C(=O)N(c4ccc(-c6ccccc6)cc4-c4ccccc4)C5=O)c23)c(C#N)c1. The summed E-state index contributed by atoms with van der Waals surface area (Å²) in [7, 11) is 0. The zero-order valence-corrected chi connectivity index (χ0v) is 32.7. The molecule has 0 saturated carbocycles. The number of rotatable bonds is 6. The van der Waals surface area contributed by atoms with E-state index < -0.39 is 11.8 Å². The molecule has 0 unspecified atom stereocenters. The maximum Gasteiger partial charge on any atom is 0.268 e. The van der Waals surface area contributed by atoms with Gasteiger partial charge in [-0.25, -0.2) is 4.90 Å². The van der Waals surface area contributed by atoms with Crippen LogP contribution in [0.4, 0.5) is 5.69 Å². The van der Waals surface area contributed by atoms with Crippen LogP contribution in [0, 0.1) is 45.3 Å². The van der Waals surface area contributed by atoms with Gasteiger partial charge in [-0.3, -0.25) is 9.59 Å². The first-order valence-corrected chi connectivity index (χ1v) is 19.7. The van der Waals surface area contributed by atoms with Crippen LogP contribution in [-0.4, -0.2) is 16.4 Å². The molecule has 9 aromatic rings. The fourth-order valence-corrected chi connectivity index (χ4v) is 8.74. The van der Waals surface area contributed by atoms with E-state index in [1.54, 1.807) is 48.5 Å². The third-order valence-electron chi connectivity index (χ3n) is 11.5. The molecule has 10 rings (SSSR count). The highest BCUT2D eigenvalue weighted by atomic mass is 16.2. The summed E-state index contributed by atoms with van der Waals surface area (Å²) in [6.45, 7) is 0. The number of hydrogen-bond donors (Lipinski definition) is 0. The lowest BCUT2D eigenvalue weighted by Gasteiger charge is -2.20. The minimum Gasteiger partial charge on any atom is -0.307 e. The molecule has 2 amide bonds. The average molecular weight is 793 g/mol. The zero-order chi connectivity index (χ0) is 42.5. The Morgan fingerprint density at radius 1 is 0.371 bits per heavy atom. The predicted octanol–water partition coefficient (Wildman–Crippen LogP) is 11.7. The van der Waals surface area contributed by atoms with Gasteiger partial charge in [0.25, 0.3) is 11.8 Å². The molecule has 0 N–H and O–H groups in total. The number of anilines is 1. The Morgan fingerprint density at radius 2 is 0.903 bits per heavy atom. The Hall–Kier alpha value is -9.34. The second kappa shape index (κ2) is 14.8. The first-order valence-electron chi connectivity index (χ1n) is 19.7. The van der Waals surface area contributed by atoms with Crippen molar-refractivity contribution in [2.45, 2.75) is 0 Å². The van der Waals surface area contributed by atoms with E-state index in [1.165, 1.54) is 4.90 Å². The van der Waals surface area contributed by atoms with Gasteiger partial charge in [-0.1, -0.05) is 121 Å². The summed E-state index contributed by atoms with van der Waals surface area (Å²) in [6, 6.07) is 60.8. The van der Waals surface area contributed by atoms with Crippen LogP contribution in [0.5, 0.6) is 0 Å². The second-order valence-electron chi connectivity index (χ2n) is 14.8. The molecule has 286 valence electrons. The van der Waals surface area contributed by atoms with E-state index in [9.17, 15) is 25.8 Å². The Kier molecular flexibility index (Phi) is 8.82. The Labute approximate surface area is 355 Å². The molecule has 62 heavy (non-hydrogen) atoms. The van der Waals surface area contributed by atoms with Gasteiger partial charge in [0.1, 0.15) is 0 Å². The molecular formula is C54H28N6O2. The second-order valence-corrected chi connectivity index (χ2v) is 14.8. The van der Waals surface area contributed by atoms with Gasteiger partial charge in [0, 0.05) is 38.6 Å². The van der Waals surface area contributed by atoms with Crippen molar-refractivity contribution < 1.29 is 9.59 Å². The zero-order valence-electron chi connectivity index (χ0n) is 32.7. The summed E-state index contributed by atoms with van der Waals surface area (Å²) in [5.41, 5.74) is 9.70. The molecule has 1 aromatic heterocycles. The van der Waals surface area contributed by atoms with Gasteiger partial charge in [0.05, 0.1) is 80.1 Å². The third-order valence-corrected chi connectivity index (χ3v) is 11.5.